The minimum absolute atomic E-state index is 0.168. The molecule has 0 atom stereocenters. The molecule has 1 nitrogen and oxygen atoms in total. The van der Waals surface area contributed by atoms with Crippen molar-refractivity contribution in [1.82, 2.24) is 5.32 Å². The average molecular weight is 273 g/mol. The van der Waals surface area contributed by atoms with Crippen LogP contribution in [0.1, 0.15) is 29.9 Å². The van der Waals surface area contributed by atoms with E-state index in [9.17, 15) is 8.78 Å². The van der Waals surface area contributed by atoms with Gasteiger partial charge in [-0.15, -0.1) is 0 Å². The van der Waals surface area contributed by atoms with Crippen molar-refractivity contribution in [2.45, 2.75) is 31.3 Å². The minimum atomic E-state index is -0.199. The number of benzene rings is 2. The summed E-state index contributed by atoms with van der Waals surface area (Å²) < 4.78 is 26.2. The largest absolute Gasteiger partial charge is 0.310 e. The lowest BCUT2D eigenvalue weighted by atomic mass is 9.76. The molecule has 0 aromatic heterocycles. The van der Waals surface area contributed by atoms with Gasteiger partial charge in [0.2, 0.25) is 0 Å². The van der Waals surface area contributed by atoms with Gasteiger partial charge in [-0.05, 0) is 54.2 Å². The molecule has 1 N–H and O–H groups in total. The molecule has 0 amide bonds. The van der Waals surface area contributed by atoms with E-state index in [1.54, 1.807) is 24.3 Å². The van der Waals surface area contributed by atoms with Gasteiger partial charge in [-0.25, -0.2) is 8.78 Å². The van der Waals surface area contributed by atoms with Gasteiger partial charge in [-0.1, -0.05) is 24.3 Å². The Morgan fingerprint density at radius 2 is 1.65 bits per heavy atom. The summed E-state index contributed by atoms with van der Waals surface area (Å²) in [6.07, 6.45) is 2.03. The van der Waals surface area contributed by atoms with Gasteiger partial charge in [0.15, 0.2) is 0 Å². The predicted molar refractivity (Wildman–Crippen MR) is 75.4 cm³/mol. The van der Waals surface area contributed by atoms with Crippen molar-refractivity contribution < 1.29 is 8.78 Å². The van der Waals surface area contributed by atoms with Crippen LogP contribution in [0.4, 0.5) is 8.78 Å². The van der Waals surface area contributed by atoms with E-state index in [0.717, 1.165) is 24.0 Å². The van der Waals surface area contributed by atoms with E-state index in [1.165, 1.54) is 12.1 Å². The lowest BCUT2D eigenvalue weighted by Crippen LogP contribution is -2.39. The molecule has 1 fully saturated rings. The van der Waals surface area contributed by atoms with Crippen LogP contribution >= 0.6 is 0 Å². The normalized spacial score (nSPS) is 21.5. The lowest BCUT2D eigenvalue weighted by Gasteiger charge is -2.36. The summed E-state index contributed by atoms with van der Waals surface area (Å²) in [7, 11) is 0. The zero-order chi connectivity index (χ0) is 13.9. The molecule has 104 valence electrons. The van der Waals surface area contributed by atoms with E-state index >= 15 is 0 Å². The highest BCUT2D eigenvalue weighted by molar-refractivity contribution is 5.24. The Hall–Kier alpha value is -1.74. The second-order valence-corrected chi connectivity index (χ2v) is 5.43. The lowest BCUT2D eigenvalue weighted by molar-refractivity contribution is 0.289. The molecular weight excluding hydrogens is 256 g/mol. The monoisotopic (exact) mass is 273 g/mol. The van der Waals surface area contributed by atoms with E-state index in [2.05, 4.69) is 5.32 Å². The van der Waals surface area contributed by atoms with Crippen LogP contribution in [0.5, 0.6) is 0 Å². The smallest absolute Gasteiger partial charge is 0.123 e. The molecular formula is C17H17F2N. The van der Waals surface area contributed by atoms with Crippen molar-refractivity contribution in [3.63, 3.8) is 0 Å². The number of hydrogen-bond acceptors (Lipinski definition) is 1. The highest BCUT2D eigenvalue weighted by atomic mass is 19.1. The molecule has 2 aromatic carbocycles. The van der Waals surface area contributed by atoms with Crippen LogP contribution in [0.2, 0.25) is 0 Å². The van der Waals surface area contributed by atoms with Gasteiger partial charge in [0.1, 0.15) is 11.6 Å². The Labute approximate surface area is 117 Å². The maximum Gasteiger partial charge on any atom is 0.123 e. The second kappa shape index (κ2) is 5.71. The summed E-state index contributed by atoms with van der Waals surface area (Å²) in [5, 5.41) is 3.42. The standard InChI is InChI=1S/C17H17F2N/c18-15-5-1-3-12(7-15)11-20-17-9-14(10-17)13-4-2-6-16(19)8-13/h1-8,14,17,20H,9-11H2. The molecule has 2 aromatic rings. The third-order valence-electron chi connectivity index (χ3n) is 3.94. The minimum Gasteiger partial charge on any atom is -0.310 e. The Morgan fingerprint density at radius 1 is 0.950 bits per heavy atom. The van der Waals surface area contributed by atoms with Crippen LogP contribution in [0, 0.1) is 11.6 Å². The van der Waals surface area contributed by atoms with E-state index in [4.69, 9.17) is 0 Å². The maximum absolute atomic E-state index is 13.1. The molecule has 0 saturated heterocycles. The van der Waals surface area contributed by atoms with Crippen molar-refractivity contribution in [1.29, 1.82) is 0 Å². The molecule has 1 aliphatic rings. The van der Waals surface area contributed by atoms with E-state index in [1.807, 2.05) is 12.1 Å². The Balaban J connectivity index is 1.49. The first-order valence-electron chi connectivity index (χ1n) is 6.94. The van der Waals surface area contributed by atoms with E-state index < -0.39 is 0 Å². The fourth-order valence-electron chi connectivity index (χ4n) is 2.73. The predicted octanol–water partition coefficient (Wildman–Crippen LogP) is 4.00. The molecule has 1 aliphatic carbocycles. The van der Waals surface area contributed by atoms with Crippen molar-refractivity contribution >= 4 is 0 Å². The molecule has 0 aliphatic heterocycles. The van der Waals surface area contributed by atoms with Gasteiger partial charge in [-0.2, -0.15) is 0 Å². The Bertz CT molecular complexity index is 588. The molecule has 1 saturated carbocycles. The zero-order valence-electron chi connectivity index (χ0n) is 11.2. The average Bonchev–Trinajstić information content (AvgIpc) is 2.37. The highest BCUT2D eigenvalue weighted by Gasteiger charge is 2.29. The van der Waals surface area contributed by atoms with E-state index in [0.29, 0.717) is 18.5 Å². The molecule has 3 heteroatoms. The van der Waals surface area contributed by atoms with E-state index in [-0.39, 0.29) is 11.6 Å². The molecule has 0 unspecified atom stereocenters. The summed E-state index contributed by atoms with van der Waals surface area (Å²) in [6.45, 7) is 0.679. The fourth-order valence-corrected chi connectivity index (χ4v) is 2.73. The molecule has 20 heavy (non-hydrogen) atoms. The van der Waals surface area contributed by atoms with Crippen LogP contribution in [0.25, 0.3) is 0 Å². The highest BCUT2D eigenvalue weighted by Crippen LogP contribution is 2.37. The molecule has 0 radical (unpaired) electrons. The summed E-state index contributed by atoms with van der Waals surface area (Å²) in [4.78, 5) is 0. The Morgan fingerprint density at radius 3 is 2.35 bits per heavy atom. The number of halogens is 2. The van der Waals surface area contributed by atoms with Gasteiger partial charge in [0, 0.05) is 12.6 Å². The van der Waals surface area contributed by atoms with Crippen molar-refractivity contribution in [2.24, 2.45) is 0 Å². The number of nitrogens with one attached hydrogen (secondary N) is 1. The molecule has 0 bridgehead atoms. The first-order chi connectivity index (χ1) is 9.70. The first-order valence-corrected chi connectivity index (χ1v) is 6.94. The second-order valence-electron chi connectivity index (χ2n) is 5.43. The van der Waals surface area contributed by atoms with Crippen molar-refractivity contribution in [3.8, 4) is 0 Å². The third kappa shape index (κ3) is 3.05. The number of hydrogen-bond donors (Lipinski definition) is 1. The summed E-state index contributed by atoms with van der Waals surface area (Å²) in [6, 6.07) is 13.9. The SMILES string of the molecule is Fc1cccc(CNC2CC(c3cccc(F)c3)C2)c1. The molecule has 0 spiro atoms. The van der Waals surface area contributed by atoms with Gasteiger partial charge in [0.25, 0.3) is 0 Å². The van der Waals surface area contributed by atoms with Crippen LogP contribution < -0.4 is 5.32 Å². The molecule has 0 heterocycles. The van der Waals surface area contributed by atoms with Gasteiger partial charge in [0.05, 0.1) is 0 Å². The number of rotatable bonds is 4. The van der Waals surface area contributed by atoms with Crippen LogP contribution in [0.15, 0.2) is 48.5 Å². The first kappa shape index (κ1) is 13.3. The van der Waals surface area contributed by atoms with Crippen LogP contribution in [-0.4, -0.2) is 6.04 Å². The van der Waals surface area contributed by atoms with Crippen molar-refractivity contribution in [3.05, 3.63) is 71.3 Å². The fraction of sp³-hybridized carbons (Fsp3) is 0.294. The summed E-state index contributed by atoms with van der Waals surface area (Å²) in [5.41, 5.74) is 2.04. The Kier molecular flexibility index (Phi) is 3.79. The maximum atomic E-state index is 13.1. The van der Waals surface area contributed by atoms with Crippen LogP contribution in [-0.2, 0) is 6.54 Å². The zero-order valence-corrected chi connectivity index (χ0v) is 11.2. The van der Waals surface area contributed by atoms with Gasteiger partial charge >= 0.3 is 0 Å². The third-order valence-corrected chi connectivity index (χ3v) is 3.94. The summed E-state index contributed by atoms with van der Waals surface area (Å²) in [5.74, 6) is 0.0740. The quantitative estimate of drug-likeness (QED) is 0.887. The molecule has 3 rings (SSSR count). The van der Waals surface area contributed by atoms with Gasteiger partial charge in [-0.3, -0.25) is 0 Å². The topological polar surface area (TPSA) is 12.0 Å². The van der Waals surface area contributed by atoms with Crippen LogP contribution in [0.3, 0.4) is 0 Å². The summed E-state index contributed by atoms with van der Waals surface area (Å²) >= 11 is 0. The van der Waals surface area contributed by atoms with Crippen molar-refractivity contribution in [2.75, 3.05) is 0 Å². The van der Waals surface area contributed by atoms with Gasteiger partial charge < -0.3 is 5.32 Å².